The van der Waals surface area contributed by atoms with Gasteiger partial charge >= 0.3 is 0 Å². The number of nitrogens with zero attached hydrogens (tertiary/aromatic N) is 4. The number of hydrogen-bond donors (Lipinski definition) is 0. The Labute approximate surface area is 225 Å². The van der Waals surface area contributed by atoms with Gasteiger partial charge in [-0.1, -0.05) is 36.4 Å². The topological polar surface area (TPSA) is 89.7 Å². The van der Waals surface area contributed by atoms with Gasteiger partial charge in [0, 0.05) is 41.8 Å². The Kier molecular flexibility index (Phi) is 7.18. The van der Waals surface area contributed by atoms with Gasteiger partial charge in [-0.3, -0.25) is 4.90 Å². The highest BCUT2D eigenvalue weighted by molar-refractivity contribution is 7.12. The summed E-state index contributed by atoms with van der Waals surface area (Å²) in [5.41, 5.74) is 3.99. The maximum absolute atomic E-state index is 10.0. The summed E-state index contributed by atoms with van der Waals surface area (Å²) in [5, 5.41) is 10.9. The minimum Gasteiger partial charge on any atom is -0.486 e. The highest BCUT2D eigenvalue weighted by Gasteiger charge is 2.20. The van der Waals surface area contributed by atoms with E-state index in [-0.39, 0.29) is 12.5 Å². The van der Waals surface area contributed by atoms with Gasteiger partial charge in [-0.05, 0) is 23.8 Å². The highest BCUT2D eigenvalue weighted by Crippen LogP contribution is 2.37. The van der Waals surface area contributed by atoms with Crippen molar-refractivity contribution >= 4 is 11.3 Å². The molecule has 8 nitrogen and oxygen atoms in total. The van der Waals surface area contributed by atoms with Crippen LogP contribution in [-0.4, -0.2) is 54.4 Å². The van der Waals surface area contributed by atoms with Crippen LogP contribution < -0.4 is 14.2 Å². The van der Waals surface area contributed by atoms with Crippen molar-refractivity contribution in [3.63, 3.8) is 0 Å². The molecular weight excluding hydrogens is 500 g/mol. The average molecular weight is 527 g/mol. The number of rotatable bonds is 7. The van der Waals surface area contributed by atoms with Gasteiger partial charge < -0.3 is 18.9 Å². The van der Waals surface area contributed by atoms with Gasteiger partial charge in [0.2, 0.25) is 5.88 Å². The first-order valence-corrected chi connectivity index (χ1v) is 13.4. The molecule has 6 rings (SSSR count). The number of hydrogen-bond acceptors (Lipinski definition) is 9. The summed E-state index contributed by atoms with van der Waals surface area (Å²) in [5.74, 6) is 1.65. The van der Waals surface area contributed by atoms with E-state index in [1.807, 2.05) is 42.5 Å². The molecule has 0 N–H and O–H groups in total. The Bertz CT molecular complexity index is 1460. The Morgan fingerprint density at radius 1 is 0.947 bits per heavy atom. The lowest BCUT2D eigenvalue weighted by Crippen LogP contribution is -2.35. The van der Waals surface area contributed by atoms with Crippen LogP contribution in [0.4, 0.5) is 0 Å². The van der Waals surface area contributed by atoms with Crippen LogP contribution in [0.1, 0.15) is 15.4 Å². The van der Waals surface area contributed by atoms with E-state index >= 15 is 0 Å². The summed E-state index contributed by atoms with van der Waals surface area (Å²) in [7, 11) is 0. The number of pyridine rings is 1. The van der Waals surface area contributed by atoms with Crippen molar-refractivity contribution in [1.29, 1.82) is 5.26 Å². The van der Waals surface area contributed by atoms with Gasteiger partial charge in [0.15, 0.2) is 11.5 Å². The Morgan fingerprint density at radius 2 is 1.76 bits per heavy atom. The maximum Gasteiger partial charge on any atom is 0.232 e. The standard InChI is InChI=1S/C29H26N4O4S/c30-17-23-22(21-6-7-24-25(16-21)36-15-14-35-24)8-9-31-29(23)37-19-27-32-28(20-4-2-1-3-5-20)26(38-27)18-33-10-12-34-13-11-33/h1-9,16H,10-15,18-19H2. The lowest BCUT2D eigenvalue weighted by Gasteiger charge is -2.26. The minimum absolute atomic E-state index is 0.222. The maximum atomic E-state index is 10.0. The van der Waals surface area contributed by atoms with Crippen molar-refractivity contribution in [2.75, 3.05) is 39.5 Å². The first-order chi connectivity index (χ1) is 18.8. The molecule has 0 saturated carbocycles. The van der Waals surface area contributed by atoms with Crippen LogP contribution in [0, 0.1) is 11.3 Å². The Morgan fingerprint density at radius 3 is 2.58 bits per heavy atom. The second-order valence-electron chi connectivity index (χ2n) is 8.93. The fourth-order valence-electron chi connectivity index (χ4n) is 4.59. The normalized spacial score (nSPS) is 15.1. The molecule has 2 aromatic heterocycles. The molecule has 2 aliphatic heterocycles. The van der Waals surface area contributed by atoms with Crippen LogP contribution in [0.3, 0.4) is 0 Å². The zero-order valence-corrected chi connectivity index (χ0v) is 21.6. The second kappa shape index (κ2) is 11.2. The number of benzene rings is 2. The summed E-state index contributed by atoms with van der Waals surface area (Å²) in [6.07, 6.45) is 1.66. The monoisotopic (exact) mass is 526 g/mol. The van der Waals surface area contributed by atoms with Crippen molar-refractivity contribution in [1.82, 2.24) is 14.9 Å². The molecular formula is C29H26N4O4S. The van der Waals surface area contributed by atoms with Crippen molar-refractivity contribution in [2.45, 2.75) is 13.2 Å². The number of aromatic nitrogens is 2. The number of fused-ring (bicyclic) bond motifs is 1. The van der Waals surface area contributed by atoms with E-state index < -0.39 is 0 Å². The number of thiazole rings is 1. The molecule has 4 heterocycles. The van der Waals surface area contributed by atoms with Gasteiger partial charge in [0.1, 0.15) is 36.5 Å². The summed E-state index contributed by atoms with van der Waals surface area (Å²) in [4.78, 5) is 12.9. The first-order valence-electron chi connectivity index (χ1n) is 12.5. The largest absolute Gasteiger partial charge is 0.486 e. The lowest BCUT2D eigenvalue weighted by molar-refractivity contribution is 0.0347. The molecule has 0 radical (unpaired) electrons. The molecule has 0 atom stereocenters. The summed E-state index contributed by atoms with van der Waals surface area (Å²) in [6.45, 7) is 5.36. The Hall–Kier alpha value is -3.97. The molecule has 9 heteroatoms. The van der Waals surface area contributed by atoms with E-state index in [1.54, 1.807) is 17.5 Å². The third kappa shape index (κ3) is 5.20. The van der Waals surface area contributed by atoms with Crippen LogP contribution in [0.25, 0.3) is 22.4 Å². The molecule has 2 aliphatic rings. The van der Waals surface area contributed by atoms with Gasteiger partial charge in [-0.2, -0.15) is 5.26 Å². The lowest BCUT2D eigenvalue weighted by atomic mass is 10.0. The summed E-state index contributed by atoms with van der Waals surface area (Å²) < 4.78 is 23.0. The molecule has 38 heavy (non-hydrogen) atoms. The smallest absolute Gasteiger partial charge is 0.232 e. The molecule has 0 bridgehead atoms. The quantitative estimate of drug-likeness (QED) is 0.335. The molecule has 192 valence electrons. The molecule has 1 fully saturated rings. The molecule has 1 saturated heterocycles. The summed E-state index contributed by atoms with van der Waals surface area (Å²) in [6, 6.07) is 20.0. The fraction of sp³-hybridized carbons (Fsp3) is 0.276. The molecule has 0 spiro atoms. The molecule has 2 aromatic carbocycles. The third-order valence-corrected chi connectivity index (χ3v) is 7.49. The predicted octanol–water partition coefficient (Wildman–Crippen LogP) is 4.93. The zero-order chi connectivity index (χ0) is 25.7. The van der Waals surface area contributed by atoms with Crippen molar-refractivity contribution in [2.24, 2.45) is 0 Å². The second-order valence-corrected chi connectivity index (χ2v) is 10.1. The van der Waals surface area contributed by atoms with Crippen molar-refractivity contribution < 1.29 is 18.9 Å². The van der Waals surface area contributed by atoms with Gasteiger partial charge in [-0.15, -0.1) is 11.3 Å². The molecule has 0 amide bonds. The van der Waals surface area contributed by atoms with Crippen molar-refractivity contribution in [3.05, 3.63) is 76.2 Å². The Balaban J connectivity index is 1.26. The average Bonchev–Trinajstić information content (AvgIpc) is 3.39. The van der Waals surface area contributed by atoms with Crippen LogP contribution in [0.15, 0.2) is 60.8 Å². The van der Waals surface area contributed by atoms with E-state index in [1.165, 1.54) is 4.88 Å². The SMILES string of the molecule is N#Cc1c(-c2ccc3c(c2)OCCO3)ccnc1OCc1nc(-c2ccccc2)c(CN2CCOCC2)s1. The number of morpholine rings is 1. The van der Waals surface area contributed by atoms with Crippen LogP contribution in [0.2, 0.25) is 0 Å². The van der Waals surface area contributed by atoms with Crippen molar-refractivity contribution in [3.8, 4) is 45.8 Å². The predicted molar refractivity (Wildman–Crippen MR) is 143 cm³/mol. The highest BCUT2D eigenvalue weighted by atomic mass is 32.1. The van der Waals surface area contributed by atoms with Gasteiger partial charge in [0.25, 0.3) is 0 Å². The fourth-order valence-corrected chi connectivity index (χ4v) is 5.64. The number of ether oxygens (including phenoxy) is 4. The van der Waals surface area contributed by atoms with Crippen LogP contribution in [0.5, 0.6) is 17.4 Å². The molecule has 0 aliphatic carbocycles. The number of nitriles is 1. The summed E-state index contributed by atoms with van der Waals surface area (Å²) >= 11 is 1.64. The van der Waals surface area contributed by atoms with E-state index in [9.17, 15) is 5.26 Å². The molecule has 0 unspecified atom stereocenters. The zero-order valence-electron chi connectivity index (χ0n) is 20.8. The van der Waals surface area contributed by atoms with E-state index in [4.69, 9.17) is 23.9 Å². The van der Waals surface area contributed by atoms with E-state index in [2.05, 4.69) is 28.1 Å². The van der Waals surface area contributed by atoms with E-state index in [0.29, 0.717) is 30.3 Å². The first kappa shape index (κ1) is 24.4. The minimum atomic E-state index is 0.222. The van der Waals surface area contributed by atoms with Gasteiger partial charge in [0.05, 0.1) is 18.9 Å². The van der Waals surface area contributed by atoms with Gasteiger partial charge in [-0.25, -0.2) is 9.97 Å². The molecule has 4 aromatic rings. The van der Waals surface area contributed by atoms with Crippen LogP contribution >= 0.6 is 11.3 Å². The third-order valence-electron chi connectivity index (χ3n) is 6.47. The van der Waals surface area contributed by atoms with E-state index in [0.717, 1.165) is 60.2 Å². The van der Waals surface area contributed by atoms with Crippen LogP contribution in [-0.2, 0) is 17.9 Å².